The lowest BCUT2D eigenvalue weighted by Gasteiger charge is -2.15. The zero-order chi connectivity index (χ0) is 18.5. The summed E-state index contributed by atoms with van der Waals surface area (Å²) in [7, 11) is 1.58. The van der Waals surface area contributed by atoms with Crippen LogP contribution < -0.4 is 14.8 Å². The van der Waals surface area contributed by atoms with E-state index in [-0.39, 0.29) is 25.2 Å². The molecule has 134 valence electrons. The van der Waals surface area contributed by atoms with Crippen molar-refractivity contribution in [2.75, 3.05) is 25.7 Å². The lowest BCUT2D eigenvalue weighted by molar-refractivity contribution is -0.129. The number of amides is 2. The normalized spacial score (nSPS) is 12.2. The van der Waals surface area contributed by atoms with Crippen LogP contribution >= 0.6 is 15.9 Å². The van der Waals surface area contributed by atoms with E-state index in [9.17, 15) is 9.59 Å². The number of para-hydroxylation sites is 1. The number of carbonyl (C=O) groups excluding carboxylic acids is 2. The van der Waals surface area contributed by atoms with Crippen LogP contribution in [0.5, 0.6) is 11.5 Å². The number of nitrogens with one attached hydrogen (secondary N) is 1. The quantitative estimate of drug-likeness (QED) is 0.759. The van der Waals surface area contributed by atoms with Crippen LogP contribution in [0.1, 0.15) is 5.56 Å². The largest absolute Gasteiger partial charge is 0.454 e. The Morgan fingerprint density at radius 2 is 1.96 bits per heavy atom. The number of halogens is 1. The van der Waals surface area contributed by atoms with E-state index in [1.165, 1.54) is 11.0 Å². The van der Waals surface area contributed by atoms with Gasteiger partial charge in [-0.2, -0.15) is 0 Å². The molecule has 0 atom stereocenters. The fourth-order valence-electron chi connectivity index (χ4n) is 2.36. The first kappa shape index (κ1) is 18.0. The molecule has 0 radical (unpaired) electrons. The van der Waals surface area contributed by atoms with Crippen LogP contribution in [0, 0.1) is 0 Å². The number of hydrogen-bond donors (Lipinski definition) is 1. The summed E-state index contributed by atoms with van der Waals surface area (Å²) in [5.74, 6) is 0.796. The van der Waals surface area contributed by atoms with Gasteiger partial charge in [0.2, 0.25) is 18.6 Å². The van der Waals surface area contributed by atoms with Gasteiger partial charge in [0.15, 0.2) is 11.5 Å². The summed E-state index contributed by atoms with van der Waals surface area (Å²) >= 11 is 3.37. The molecule has 0 bridgehead atoms. The van der Waals surface area contributed by atoms with Crippen LogP contribution in [0.3, 0.4) is 0 Å². The summed E-state index contributed by atoms with van der Waals surface area (Å²) in [6, 6.07) is 12.7. The van der Waals surface area contributed by atoms with Gasteiger partial charge >= 0.3 is 0 Å². The van der Waals surface area contributed by atoms with Crippen molar-refractivity contribution in [3.05, 3.63) is 58.6 Å². The summed E-state index contributed by atoms with van der Waals surface area (Å²) < 4.78 is 11.3. The molecule has 3 rings (SSSR count). The Balaban J connectivity index is 1.56. The van der Waals surface area contributed by atoms with Crippen LogP contribution in [-0.2, 0) is 9.59 Å². The summed E-state index contributed by atoms with van der Waals surface area (Å²) in [4.78, 5) is 25.6. The van der Waals surface area contributed by atoms with Crippen molar-refractivity contribution in [3.63, 3.8) is 0 Å². The molecule has 2 amide bonds. The molecule has 0 fully saturated rings. The topological polar surface area (TPSA) is 67.9 Å². The monoisotopic (exact) mass is 416 g/mol. The third-order valence-corrected chi connectivity index (χ3v) is 4.41. The van der Waals surface area contributed by atoms with Crippen LogP contribution in [0.4, 0.5) is 5.69 Å². The second-order valence-electron chi connectivity index (χ2n) is 5.67. The average molecular weight is 417 g/mol. The molecule has 0 saturated carbocycles. The molecule has 1 aliphatic heterocycles. The Kier molecular flexibility index (Phi) is 5.58. The highest BCUT2D eigenvalue weighted by atomic mass is 79.9. The fraction of sp³-hybridized carbons (Fsp3) is 0.158. The van der Waals surface area contributed by atoms with Crippen molar-refractivity contribution in [3.8, 4) is 11.5 Å². The average Bonchev–Trinajstić information content (AvgIpc) is 3.09. The van der Waals surface area contributed by atoms with Crippen molar-refractivity contribution in [1.82, 2.24) is 4.90 Å². The number of anilines is 1. The molecule has 0 aromatic heterocycles. The molecular formula is C19H17BrN2O4. The van der Waals surface area contributed by atoms with Gasteiger partial charge in [0.1, 0.15) is 0 Å². The van der Waals surface area contributed by atoms with Gasteiger partial charge in [-0.25, -0.2) is 0 Å². The molecule has 6 nitrogen and oxygen atoms in total. The zero-order valence-electron chi connectivity index (χ0n) is 14.1. The highest BCUT2D eigenvalue weighted by Gasteiger charge is 2.14. The fourth-order valence-corrected chi connectivity index (χ4v) is 2.74. The minimum absolute atomic E-state index is 0.0500. The van der Waals surface area contributed by atoms with Crippen molar-refractivity contribution in [1.29, 1.82) is 0 Å². The van der Waals surface area contributed by atoms with Gasteiger partial charge in [-0.3, -0.25) is 9.59 Å². The molecule has 0 saturated heterocycles. The minimum Gasteiger partial charge on any atom is -0.454 e. The maximum Gasteiger partial charge on any atom is 0.246 e. The van der Waals surface area contributed by atoms with Crippen LogP contribution in [0.25, 0.3) is 6.08 Å². The number of nitrogens with zero attached hydrogens (tertiary/aromatic N) is 1. The lowest BCUT2D eigenvalue weighted by atomic mass is 10.2. The Labute approximate surface area is 159 Å². The molecule has 1 N–H and O–H groups in total. The predicted molar refractivity (Wildman–Crippen MR) is 102 cm³/mol. The zero-order valence-corrected chi connectivity index (χ0v) is 15.7. The van der Waals surface area contributed by atoms with E-state index in [0.717, 1.165) is 10.0 Å². The molecule has 2 aromatic carbocycles. The van der Waals surface area contributed by atoms with Gasteiger partial charge in [-0.1, -0.05) is 18.2 Å². The van der Waals surface area contributed by atoms with Gasteiger partial charge in [-0.05, 0) is 51.8 Å². The van der Waals surface area contributed by atoms with E-state index >= 15 is 0 Å². The summed E-state index contributed by atoms with van der Waals surface area (Å²) in [6.07, 6.45) is 3.09. The van der Waals surface area contributed by atoms with Gasteiger partial charge in [0.05, 0.1) is 12.2 Å². The Bertz CT molecular complexity index is 866. The molecule has 26 heavy (non-hydrogen) atoms. The second-order valence-corrected chi connectivity index (χ2v) is 6.52. The molecule has 1 aliphatic rings. The molecule has 0 spiro atoms. The molecule has 0 aliphatic carbocycles. The van der Waals surface area contributed by atoms with E-state index in [4.69, 9.17) is 9.47 Å². The molecule has 1 heterocycles. The van der Waals surface area contributed by atoms with Gasteiger partial charge < -0.3 is 19.7 Å². The van der Waals surface area contributed by atoms with E-state index in [1.54, 1.807) is 31.3 Å². The summed E-state index contributed by atoms with van der Waals surface area (Å²) in [5.41, 5.74) is 1.47. The maximum atomic E-state index is 12.2. The Hall–Kier alpha value is -2.80. The first-order valence-corrected chi connectivity index (χ1v) is 8.69. The van der Waals surface area contributed by atoms with Crippen LogP contribution in [0.15, 0.2) is 53.0 Å². The van der Waals surface area contributed by atoms with Crippen molar-refractivity contribution in [2.24, 2.45) is 0 Å². The number of fused-ring (bicyclic) bond motifs is 1. The van der Waals surface area contributed by atoms with E-state index in [1.807, 2.05) is 24.3 Å². The molecular weight excluding hydrogens is 400 g/mol. The third kappa shape index (κ3) is 4.43. The Morgan fingerprint density at radius 1 is 1.19 bits per heavy atom. The van der Waals surface area contributed by atoms with Crippen molar-refractivity contribution < 1.29 is 19.1 Å². The number of benzene rings is 2. The first-order chi connectivity index (χ1) is 12.5. The smallest absolute Gasteiger partial charge is 0.246 e. The summed E-state index contributed by atoms with van der Waals surface area (Å²) in [5, 5.41) is 2.76. The number of rotatable bonds is 5. The first-order valence-electron chi connectivity index (χ1n) is 7.90. The summed E-state index contributed by atoms with van der Waals surface area (Å²) in [6.45, 7) is 0.155. The minimum atomic E-state index is -0.274. The highest BCUT2D eigenvalue weighted by Crippen LogP contribution is 2.32. The van der Waals surface area contributed by atoms with E-state index in [0.29, 0.717) is 17.2 Å². The second kappa shape index (κ2) is 8.05. The standard InChI is InChI=1S/C19H17BrN2O4/c1-22(11-18(23)21-15-5-3-2-4-14(15)20)19(24)9-7-13-6-8-16-17(10-13)26-12-25-16/h2-10H,11-12H2,1H3,(H,21,23)/b9-7+. The number of likely N-dealkylation sites (N-methyl/N-ethyl adjacent to an activating group) is 1. The van der Waals surface area contributed by atoms with Gasteiger partial charge in [-0.15, -0.1) is 0 Å². The molecule has 2 aromatic rings. The number of hydrogen-bond acceptors (Lipinski definition) is 4. The van der Waals surface area contributed by atoms with Crippen molar-refractivity contribution in [2.45, 2.75) is 0 Å². The number of ether oxygens (including phenoxy) is 2. The van der Waals surface area contributed by atoms with E-state index in [2.05, 4.69) is 21.2 Å². The van der Waals surface area contributed by atoms with Gasteiger partial charge in [0, 0.05) is 17.6 Å². The van der Waals surface area contributed by atoms with Crippen molar-refractivity contribution >= 4 is 39.5 Å². The lowest BCUT2D eigenvalue weighted by Crippen LogP contribution is -2.33. The van der Waals surface area contributed by atoms with Crippen LogP contribution in [-0.4, -0.2) is 37.1 Å². The highest BCUT2D eigenvalue weighted by molar-refractivity contribution is 9.10. The van der Waals surface area contributed by atoms with E-state index < -0.39 is 0 Å². The SMILES string of the molecule is CN(CC(=O)Nc1ccccc1Br)C(=O)/C=C/c1ccc2c(c1)OCO2. The third-order valence-electron chi connectivity index (χ3n) is 3.72. The van der Waals surface area contributed by atoms with Gasteiger partial charge in [0.25, 0.3) is 0 Å². The Morgan fingerprint density at radius 3 is 2.77 bits per heavy atom. The predicted octanol–water partition coefficient (Wildman–Crippen LogP) is 3.29. The molecule has 0 unspecified atom stereocenters. The maximum absolute atomic E-state index is 12.2. The van der Waals surface area contributed by atoms with Crippen LogP contribution in [0.2, 0.25) is 0 Å². The number of carbonyl (C=O) groups is 2. The molecule has 7 heteroatoms.